The molecule has 6 heterocycles. The first-order valence-corrected chi connectivity index (χ1v) is 12.5. The van der Waals surface area contributed by atoms with Crippen molar-refractivity contribution in [2.75, 3.05) is 42.9 Å². The van der Waals surface area contributed by atoms with Gasteiger partial charge in [-0.05, 0) is 63.3 Å². The average molecular weight is 467 g/mol. The minimum Gasteiger partial charge on any atom is -0.355 e. The molecule has 0 aliphatic carbocycles. The zero-order valence-electron chi connectivity index (χ0n) is 20.1. The van der Waals surface area contributed by atoms with E-state index in [9.17, 15) is 4.79 Å². The van der Waals surface area contributed by atoms with Gasteiger partial charge in [-0.1, -0.05) is 6.07 Å². The molecule has 4 fully saturated rings. The first kappa shape index (κ1) is 23.2. The number of halogens is 1. The summed E-state index contributed by atoms with van der Waals surface area (Å²) < 4.78 is 15.3. The monoisotopic (exact) mass is 466 g/mol. The smallest absolute Gasteiger partial charge is 0.274 e. The van der Waals surface area contributed by atoms with Crippen molar-refractivity contribution in [1.82, 2.24) is 19.8 Å². The van der Waals surface area contributed by atoms with Crippen LogP contribution in [0, 0.1) is 5.92 Å². The summed E-state index contributed by atoms with van der Waals surface area (Å²) in [6, 6.07) is 9.86. The third-order valence-corrected chi connectivity index (χ3v) is 7.68. The van der Waals surface area contributed by atoms with Gasteiger partial charge in [0.15, 0.2) is 0 Å². The number of hydrogen-bond donors (Lipinski definition) is 1. The van der Waals surface area contributed by atoms with Crippen molar-refractivity contribution >= 4 is 17.4 Å². The summed E-state index contributed by atoms with van der Waals surface area (Å²) in [5.74, 6) is 1.09. The third-order valence-electron chi connectivity index (χ3n) is 7.68. The number of carbonyl (C=O) groups is 1. The first-order valence-electron chi connectivity index (χ1n) is 12.5. The normalized spacial score (nSPS) is 28.2. The summed E-state index contributed by atoms with van der Waals surface area (Å²) in [6.45, 7) is 8.49. The number of anilines is 2. The zero-order valence-corrected chi connectivity index (χ0v) is 20.1. The lowest BCUT2D eigenvalue weighted by Gasteiger charge is -2.47. The molecule has 0 spiro atoms. The number of carbonyl (C=O) groups excluding carboxylic acids is 1. The van der Waals surface area contributed by atoms with Gasteiger partial charge in [-0.3, -0.25) is 19.6 Å². The van der Waals surface area contributed by atoms with Crippen LogP contribution in [0.25, 0.3) is 0 Å². The molecule has 2 bridgehead atoms. The van der Waals surface area contributed by atoms with Crippen molar-refractivity contribution in [3.8, 4) is 0 Å². The Kier molecular flexibility index (Phi) is 6.79. The molecule has 4 atom stereocenters. The van der Waals surface area contributed by atoms with Crippen molar-refractivity contribution in [1.29, 1.82) is 0 Å². The van der Waals surface area contributed by atoms with Crippen molar-refractivity contribution in [2.24, 2.45) is 5.92 Å². The second-order valence-corrected chi connectivity index (χ2v) is 10.2. The van der Waals surface area contributed by atoms with Gasteiger partial charge in [0, 0.05) is 68.9 Å². The molecule has 1 N–H and O–H groups in total. The van der Waals surface area contributed by atoms with Crippen LogP contribution >= 0.6 is 0 Å². The molecule has 3 unspecified atom stereocenters. The lowest BCUT2D eigenvalue weighted by molar-refractivity contribution is -0.0134. The minimum atomic E-state index is -0.803. The number of rotatable bonds is 5. The number of pyridine rings is 2. The molecule has 8 heteroatoms. The van der Waals surface area contributed by atoms with Crippen molar-refractivity contribution in [3.63, 3.8) is 0 Å². The number of nitrogens with one attached hydrogen (secondary N) is 1. The van der Waals surface area contributed by atoms with Crippen LogP contribution in [0.4, 0.5) is 15.9 Å². The number of aromatic nitrogens is 2. The van der Waals surface area contributed by atoms with Crippen molar-refractivity contribution in [2.45, 2.75) is 57.4 Å². The standard InChI is InChI=1S/C26H35FN6O/c1-18(2)31-13-10-24(22(27)17-31)33-15-19-6-7-21(33)16-32(14-19)25-5-3-4-23(30-25)26(34)29-20-8-11-28-12-9-20/h3-5,8-9,11-12,18-19,21-22,24H,6-7,10,13-17H2,1-2H3,(H,28,29,34)/t19-,21?,22?,24?/m1/s1. The number of piperidine rings is 2. The Hall–Kier alpha value is -2.58. The first-order chi connectivity index (χ1) is 16.5. The fourth-order valence-corrected chi connectivity index (χ4v) is 5.83. The van der Waals surface area contributed by atoms with Gasteiger partial charge in [-0.2, -0.15) is 0 Å². The van der Waals surface area contributed by atoms with E-state index in [-0.39, 0.29) is 11.9 Å². The lowest BCUT2D eigenvalue weighted by atomic mass is 9.90. The highest BCUT2D eigenvalue weighted by Gasteiger charge is 2.43. The Morgan fingerprint density at radius 1 is 1.06 bits per heavy atom. The number of likely N-dealkylation sites (tertiary alicyclic amines) is 1. The van der Waals surface area contributed by atoms with Gasteiger partial charge in [0.2, 0.25) is 0 Å². The van der Waals surface area contributed by atoms with E-state index in [0.717, 1.165) is 44.8 Å². The van der Waals surface area contributed by atoms with E-state index in [1.165, 1.54) is 6.42 Å². The Morgan fingerprint density at radius 3 is 2.65 bits per heavy atom. The predicted octanol–water partition coefficient (Wildman–Crippen LogP) is 3.45. The number of hydrogen-bond acceptors (Lipinski definition) is 6. The number of fused-ring (bicyclic) bond motifs is 4. The Bertz CT molecular complexity index is 988. The van der Waals surface area contributed by atoms with E-state index in [0.29, 0.717) is 35.9 Å². The zero-order chi connectivity index (χ0) is 23.7. The fourth-order valence-electron chi connectivity index (χ4n) is 5.83. The van der Waals surface area contributed by atoms with Crippen LogP contribution in [0.3, 0.4) is 0 Å². The van der Waals surface area contributed by atoms with E-state index >= 15 is 4.39 Å². The van der Waals surface area contributed by atoms with E-state index < -0.39 is 6.17 Å². The van der Waals surface area contributed by atoms with E-state index in [1.54, 1.807) is 30.6 Å². The van der Waals surface area contributed by atoms with Crippen LogP contribution in [-0.4, -0.2) is 82.7 Å². The molecule has 6 rings (SSSR count). The maximum Gasteiger partial charge on any atom is 0.274 e. The van der Waals surface area contributed by atoms with Crippen molar-refractivity contribution in [3.05, 3.63) is 48.4 Å². The number of alkyl halides is 1. The molecule has 182 valence electrons. The van der Waals surface area contributed by atoms with Crippen molar-refractivity contribution < 1.29 is 9.18 Å². The van der Waals surface area contributed by atoms with Gasteiger partial charge in [0.25, 0.3) is 5.91 Å². The van der Waals surface area contributed by atoms with E-state index in [2.05, 4.69) is 38.8 Å². The van der Waals surface area contributed by atoms with Gasteiger partial charge < -0.3 is 10.2 Å². The predicted molar refractivity (Wildman–Crippen MR) is 132 cm³/mol. The van der Waals surface area contributed by atoms with Gasteiger partial charge in [0.1, 0.15) is 17.7 Å². The van der Waals surface area contributed by atoms with Crippen LogP contribution < -0.4 is 10.2 Å². The Balaban J connectivity index is 1.29. The topological polar surface area (TPSA) is 64.6 Å². The summed E-state index contributed by atoms with van der Waals surface area (Å²) >= 11 is 0. The summed E-state index contributed by atoms with van der Waals surface area (Å²) in [5.41, 5.74) is 1.09. The molecule has 4 aliphatic rings. The quantitative estimate of drug-likeness (QED) is 0.728. The molecular formula is C26H35FN6O. The molecule has 0 saturated carbocycles. The van der Waals surface area contributed by atoms with E-state index in [1.807, 2.05) is 12.1 Å². The molecular weight excluding hydrogens is 431 g/mol. The maximum absolute atomic E-state index is 15.3. The molecule has 0 radical (unpaired) electrons. The summed E-state index contributed by atoms with van der Waals surface area (Å²) in [6.07, 6.45) is 5.65. The molecule has 2 aromatic heterocycles. The molecule has 2 aromatic rings. The van der Waals surface area contributed by atoms with Crippen LogP contribution in [-0.2, 0) is 0 Å². The summed E-state index contributed by atoms with van der Waals surface area (Å²) in [4.78, 5) is 28.5. The highest BCUT2D eigenvalue weighted by atomic mass is 19.1. The van der Waals surface area contributed by atoms with Crippen LogP contribution in [0.5, 0.6) is 0 Å². The molecule has 0 aromatic carbocycles. The van der Waals surface area contributed by atoms with Crippen LogP contribution in [0.15, 0.2) is 42.7 Å². The molecule has 4 saturated heterocycles. The Labute approximate surface area is 201 Å². The second kappa shape index (κ2) is 9.96. The second-order valence-electron chi connectivity index (χ2n) is 10.2. The largest absolute Gasteiger partial charge is 0.355 e. The van der Waals surface area contributed by atoms with Gasteiger partial charge in [-0.15, -0.1) is 0 Å². The van der Waals surface area contributed by atoms with Gasteiger partial charge in [-0.25, -0.2) is 9.37 Å². The summed E-state index contributed by atoms with van der Waals surface area (Å²) in [5, 5.41) is 2.88. The highest BCUT2D eigenvalue weighted by molar-refractivity contribution is 6.03. The van der Waals surface area contributed by atoms with Crippen LogP contribution in [0.1, 0.15) is 43.6 Å². The maximum atomic E-state index is 15.3. The lowest BCUT2D eigenvalue weighted by Crippen LogP contribution is -2.59. The molecule has 1 amide bonds. The fraction of sp³-hybridized carbons (Fsp3) is 0.577. The highest BCUT2D eigenvalue weighted by Crippen LogP contribution is 2.34. The van der Waals surface area contributed by atoms with Gasteiger partial charge in [0.05, 0.1) is 0 Å². The van der Waals surface area contributed by atoms with Crippen LogP contribution in [0.2, 0.25) is 0 Å². The number of amides is 1. The molecule has 34 heavy (non-hydrogen) atoms. The molecule has 7 nitrogen and oxygen atoms in total. The number of nitrogens with zero attached hydrogens (tertiary/aromatic N) is 5. The SMILES string of the molecule is CC(C)N1CCC(N2C[C@@H]3CCC2CN(c2cccc(C(=O)Nc4ccncc4)n2)C3)C(F)C1. The third kappa shape index (κ3) is 4.93. The average Bonchev–Trinajstić information content (AvgIpc) is 3.17. The van der Waals surface area contributed by atoms with Gasteiger partial charge >= 0.3 is 0 Å². The Morgan fingerprint density at radius 2 is 1.88 bits per heavy atom. The molecule has 4 aliphatic heterocycles. The minimum absolute atomic E-state index is 0.00758. The summed E-state index contributed by atoms with van der Waals surface area (Å²) in [7, 11) is 0. The van der Waals surface area contributed by atoms with E-state index in [4.69, 9.17) is 4.98 Å².